The molecule has 0 atom stereocenters. The van der Waals surface area contributed by atoms with Crippen molar-refractivity contribution in [2.24, 2.45) is 5.92 Å². The van der Waals surface area contributed by atoms with Gasteiger partial charge in [-0.25, -0.2) is 14.4 Å². The molecule has 1 aliphatic heterocycles. The maximum atomic E-state index is 12.7. The zero-order valence-electron chi connectivity index (χ0n) is 18.4. The van der Waals surface area contributed by atoms with Gasteiger partial charge in [0.15, 0.2) is 0 Å². The molecule has 1 fully saturated rings. The van der Waals surface area contributed by atoms with Crippen molar-refractivity contribution in [2.75, 3.05) is 36.9 Å². The monoisotopic (exact) mass is 437 g/mol. The van der Waals surface area contributed by atoms with Crippen molar-refractivity contribution in [3.8, 4) is 11.4 Å². The van der Waals surface area contributed by atoms with Crippen LogP contribution in [-0.2, 0) is 4.79 Å². The fourth-order valence-corrected chi connectivity index (χ4v) is 3.87. The molecule has 1 amide bonds. The molecule has 0 saturated carbocycles. The van der Waals surface area contributed by atoms with E-state index in [1.54, 1.807) is 24.8 Å². The van der Waals surface area contributed by atoms with Gasteiger partial charge < -0.3 is 15.5 Å². The fourth-order valence-electron chi connectivity index (χ4n) is 3.87. The van der Waals surface area contributed by atoms with E-state index in [9.17, 15) is 9.18 Å². The van der Waals surface area contributed by atoms with E-state index >= 15 is 0 Å². The van der Waals surface area contributed by atoms with Crippen LogP contribution in [0.3, 0.4) is 0 Å². The zero-order chi connectivity index (χ0) is 22.5. The summed E-state index contributed by atoms with van der Waals surface area (Å²) in [6, 6.07) is 4.02. The summed E-state index contributed by atoms with van der Waals surface area (Å²) in [6.07, 6.45) is 8.27. The van der Waals surface area contributed by atoms with Crippen molar-refractivity contribution >= 4 is 28.3 Å². The van der Waals surface area contributed by atoms with Crippen LogP contribution in [0.2, 0.25) is 0 Å². The Morgan fingerprint density at radius 2 is 1.84 bits per heavy atom. The molecule has 0 radical (unpaired) electrons. The second-order valence-electron chi connectivity index (χ2n) is 8.37. The summed E-state index contributed by atoms with van der Waals surface area (Å²) in [5, 5.41) is 7.96. The van der Waals surface area contributed by atoms with Crippen LogP contribution in [0.1, 0.15) is 26.7 Å². The lowest BCUT2D eigenvalue weighted by molar-refractivity contribution is -0.121. The van der Waals surface area contributed by atoms with Crippen molar-refractivity contribution < 1.29 is 9.18 Å². The van der Waals surface area contributed by atoms with Crippen LogP contribution >= 0.6 is 0 Å². The van der Waals surface area contributed by atoms with Gasteiger partial charge in [-0.1, -0.05) is 0 Å². The number of carbonyl (C=O) groups excluding carboxylic acids is 1. The number of amides is 1. The summed E-state index contributed by atoms with van der Waals surface area (Å²) in [6.45, 7) is 5.66. The van der Waals surface area contributed by atoms with Crippen molar-refractivity contribution in [2.45, 2.75) is 32.7 Å². The number of nitrogens with one attached hydrogen (secondary N) is 2. The third kappa shape index (κ3) is 5.34. The Labute approximate surface area is 186 Å². The Hall–Kier alpha value is -3.20. The molecule has 0 aromatic carbocycles. The third-order valence-electron chi connectivity index (χ3n) is 5.55. The second-order valence-corrected chi connectivity index (χ2v) is 8.37. The van der Waals surface area contributed by atoms with Gasteiger partial charge in [-0.15, -0.1) is 0 Å². The number of hydrogen-bond donors (Lipinski definition) is 2. The number of carbonyl (C=O) groups is 1. The number of hydrogen-bond acceptors (Lipinski definition) is 7. The van der Waals surface area contributed by atoms with Crippen LogP contribution in [0, 0.1) is 5.92 Å². The number of halogens is 1. The van der Waals surface area contributed by atoms with Gasteiger partial charge in [0, 0.05) is 36.3 Å². The molecule has 3 aromatic heterocycles. The van der Waals surface area contributed by atoms with E-state index in [0.29, 0.717) is 29.6 Å². The van der Waals surface area contributed by atoms with E-state index < -0.39 is 0 Å². The highest BCUT2D eigenvalue weighted by Crippen LogP contribution is 2.24. The van der Waals surface area contributed by atoms with Gasteiger partial charge in [-0.3, -0.25) is 14.8 Å². The number of anilines is 2. The first-order chi connectivity index (χ1) is 15.5. The number of fused-ring (bicyclic) bond motifs is 1. The first-order valence-electron chi connectivity index (χ1n) is 11.0. The molecule has 4 rings (SSSR count). The minimum Gasteiger partial charge on any atom is -0.367 e. The Morgan fingerprint density at radius 1 is 1.06 bits per heavy atom. The van der Waals surface area contributed by atoms with Gasteiger partial charge in [0.25, 0.3) is 0 Å². The summed E-state index contributed by atoms with van der Waals surface area (Å²) in [5.74, 6) is 1.08. The van der Waals surface area contributed by atoms with Gasteiger partial charge in [0.2, 0.25) is 5.91 Å². The third-order valence-corrected chi connectivity index (χ3v) is 5.55. The van der Waals surface area contributed by atoms with Crippen LogP contribution in [-0.4, -0.2) is 63.1 Å². The molecule has 4 heterocycles. The lowest BCUT2D eigenvalue weighted by atomic mass is 9.96. The normalized spacial score (nSPS) is 15.2. The molecule has 3 aromatic rings. The van der Waals surface area contributed by atoms with E-state index in [2.05, 4.69) is 35.5 Å². The molecule has 9 heteroatoms. The van der Waals surface area contributed by atoms with Gasteiger partial charge in [-0.2, -0.15) is 0 Å². The Morgan fingerprint density at radius 3 is 2.59 bits per heavy atom. The second kappa shape index (κ2) is 9.95. The minimum absolute atomic E-state index is 0.0376. The van der Waals surface area contributed by atoms with Gasteiger partial charge in [-0.05, 0) is 57.3 Å². The smallest absolute Gasteiger partial charge is 0.228 e. The van der Waals surface area contributed by atoms with E-state index in [0.717, 1.165) is 36.7 Å². The maximum absolute atomic E-state index is 12.7. The molecule has 0 aliphatic carbocycles. The molecule has 1 saturated heterocycles. The number of aromatic nitrogens is 4. The molecule has 0 unspecified atom stereocenters. The van der Waals surface area contributed by atoms with Crippen LogP contribution < -0.4 is 10.6 Å². The topological polar surface area (TPSA) is 95.9 Å². The minimum atomic E-state index is -0.348. The average molecular weight is 438 g/mol. The Kier molecular flexibility index (Phi) is 6.84. The first-order valence-corrected chi connectivity index (χ1v) is 11.0. The lowest BCUT2D eigenvalue weighted by Gasteiger charge is -2.30. The van der Waals surface area contributed by atoms with E-state index in [1.807, 2.05) is 26.0 Å². The molecule has 0 spiro atoms. The summed E-state index contributed by atoms with van der Waals surface area (Å²) >= 11 is 0. The summed E-state index contributed by atoms with van der Waals surface area (Å²) in [7, 11) is 0. The summed E-state index contributed by atoms with van der Waals surface area (Å²) < 4.78 is 12.5. The molecule has 8 nitrogen and oxygen atoms in total. The Balaban J connectivity index is 1.48. The van der Waals surface area contributed by atoms with Crippen LogP contribution in [0.25, 0.3) is 22.2 Å². The van der Waals surface area contributed by atoms with Crippen LogP contribution in [0.5, 0.6) is 0 Å². The zero-order valence-corrected chi connectivity index (χ0v) is 18.4. The summed E-state index contributed by atoms with van der Waals surface area (Å²) in [5.41, 5.74) is 1.36. The average Bonchev–Trinajstić information content (AvgIpc) is 2.79. The van der Waals surface area contributed by atoms with E-state index in [1.165, 1.54) is 0 Å². The molecule has 2 N–H and O–H groups in total. The van der Waals surface area contributed by atoms with Crippen molar-refractivity contribution in [1.29, 1.82) is 0 Å². The van der Waals surface area contributed by atoms with Crippen LogP contribution in [0.4, 0.5) is 16.0 Å². The summed E-state index contributed by atoms with van der Waals surface area (Å²) in [4.78, 5) is 32.5. The van der Waals surface area contributed by atoms with Crippen LogP contribution in [0.15, 0.2) is 36.9 Å². The quantitative estimate of drug-likeness (QED) is 0.584. The van der Waals surface area contributed by atoms with Crippen molar-refractivity contribution in [1.82, 2.24) is 24.8 Å². The maximum Gasteiger partial charge on any atom is 0.228 e. The Bertz CT molecular complexity index is 1080. The predicted octanol–water partition coefficient (Wildman–Crippen LogP) is 3.53. The van der Waals surface area contributed by atoms with Gasteiger partial charge >= 0.3 is 0 Å². The standard InChI is InChI=1S/C23H28FN7O/c1-15(2)28-22-14-25-13-20(29-22)19-9-17-10-21(27-12-18(17)11-26-19)30-23(32)16-3-6-31(7-4-16)8-5-24/h9-16H,3-8H2,1-2H3,(H,28,29)(H,27,30,32). The van der Waals surface area contributed by atoms with Gasteiger partial charge in [0.05, 0.1) is 18.1 Å². The SMILES string of the molecule is CC(C)Nc1cncc(-c2cc3cc(NC(=O)C4CCN(CCF)CC4)ncc3cn2)n1. The molecule has 32 heavy (non-hydrogen) atoms. The lowest BCUT2D eigenvalue weighted by Crippen LogP contribution is -2.39. The largest absolute Gasteiger partial charge is 0.367 e. The molecule has 0 bridgehead atoms. The molecular weight excluding hydrogens is 409 g/mol. The molecule has 1 aliphatic rings. The van der Waals surface area contributed by atoms with Gasteiger partial charge in [0.1, 0.15) is 24.0 Å². The predicted molar refractivity (Wildman–Crippen MR) is 123 cm³/mol. The highest BCUT2D eigenvalue weighted by atomic mass is 19.1. The molecular formula is C23H28FN7O. The first kappa shape index (κ1) is 22.0. The van der Waals surface area contributed by atoms with E-state index in [4.69, 9.17) is 0 Å². The highest BCUT2D eigenvalue weighted by Gasteiger charge is 2.25. The number of alkyl halides is 1. The van der Waals surface area contributed by atoms with E-state index in [-0.39, 0.29) is 24.5 Å². The number of rotatable bonds is 7. The number of pyridine rings is 2. The fraction of sp³-hybridized carbons (Fsp3) is 0.435. The van der Waals surface area contributed by atoms with Crippen molar-refractivity contribution in [3.05, 3.63) is 36.9 Å². The number of likely N-dealkylation sites (tertiary alicyclic amines) is 1. The number of piperidine rings is 1. The highest BCUT2D eigenvalue weighted by molar-refractivity contribution is 5.94. The van der Waals surface area contributed by atoms with Crippen molar-refractivity contribution in [3.63, 3.8) is 0 Å². The number of nitrogens with zero attached hydrogens (tertiary/aromatic N) is 5. The molecule has 168 valence electrons.